The third kappa shape index (κ3) is 4.64. The first-order valence-corrected chi connectivity index (χ1v) is 6.85. The minimum absolute atomic E-state index is 0.00102. The second-order valence-corrected chi connectivity index (χ2v) is 4.81. The first-order valence-electron chi connectivity index (χ1n) is 6.85. The average molecular weight is 256 g/mol. The number of aliphatic hydroxyl groups excluding tert-OH is 1. The van der Waals surface area contributed by atoms with E-state index < -0.39 is 0 Å². The van der Waals surface area contributed by atoms with Gasteiger partial charge in [0.05, 0.1) is 12.5 Å². The van der Waals surface area contributed by atoms with Crippen LogP contribution in [0.5, 0.6) is 0 Å². The van der Waals surface area contributed by atoms with Crippen molar-refractivity contribution in [3.63, 3.8) is 0 Å². The van der Waals surface area contributed by atoms with Gasteiger partial charge in [-0.2, -0.15) is 0 Å². The Bertz CT molecular complexity index is 281. The van der Waals surface area contributed by atoms with Gasteiger partial charge in [0, 0.05) is 26.1 Å². The number of carbonyl (C=O) groups excluding carboxylic acids is 2. The number of carbonyl (C=O) groups is 2. The number of unbranched alkanes of at least 4 members (excludes halogenated alkanes) is 3. The lowest BCUT2D eigenvalue weighted by atomic mass is 10.1. The molecule has 1 fully saturated rings. The number of amides is 2. The van der Waals surface area contributed by atoms with Crippen LogP contribution in [0, 0.1) is 5.92 Å². The van der Waals surface area contributed by atoms with E-state index in [2.05, 4.69) is 12.2 Å². The van der Waals surface area contributed by atoms with Crippen LogP contribution in [-0.4, -0.2) is 48.1 Å². The molecule has 5 nitrogen and oxygen atoms in total. The number of rotatable bonds is 8. The number of nitrogens with zero attached hydrogens (tertiary/aromatic N) is 1. The summed E-state index contributed by atoms with van der Waals surface area (Å²) in [7, 11) is 0. The molecule has 2 amide bonds. The van der Waals surface area contributed by atoms with Crippen molar-refractivity contribution in [2.45, 2.75) is 39.0 Å². The molecule has 1 aliphatic heterocycles. The van der Waals surface area contributed by atoms with Crippen LogP contribution in [0.25, 0.3) is 0 Å². The predicted octanol–water partition coefficient (Wildman–Crippen LogP) is 0.524. The molecule has 1 saturated heterocycles. The van der Waals surface area contributed by atoms with E-state index >= 15 is 0 Å². The summed E-state index contributed by atoms with van der Waals surface area (Å²) in [6.07, 6.45) is 4.69. The van der Waals surface area contributed by atoms with Crippen LogP contribution in [0.4, 0.5) is 0 Å². The third-order valence-electron chi connectivity index (χ3n) is 3.29. The molecule has 1 unspecified atom stereocenters. The molecule has 0 aromatic heterocycles. The molecule has 18 heavy (non-hydrogen) atoms. The highest BCUT2D eigenvalue weighted by Gasteiger charge is 2.30. The van der Waals surface area contributed by atoms with Gasteiger partial charge in [-0.3, -0.25) is 9.59 Å². The van der Waals surface area contributed by atoms with Crippen molar-refractivity contribution in [1.82, 2.24) is 10.2 Å². The Morgan fingerprint density at radius 1 is 1.39 bits per heavy atom. The van der Waals surface area contributed by atoms with Crippen molar-refractivity contribution < 1.29 is 14.7 Å². The van der Waals surface area contributed by atoms with Crippen LogP contribution >= 0.6 is 0 Å². The fourth-order valence-corrected chi connectivity index (χ4v) is 2.22. The topological polar surface area (TPSA) is 69.6 Å². The van der Waals surface area contributed by atoms with E-state index in [1.807, 2.05) is 0 Å². The molecular formula is C13H24N2O3. The van der Waals surface area contributed by atoms with E-state index in [4.69, 9.17) is 5.11 Å². The standard InChI is InChI=1S/C13H24N2O3/c1-2-3-4-5-6-15(7-8-16)13(18)11-9-12(17)14-10-11/h11,16H,2-10H2,1H3,(H,14,17). The zero-order chi connectivity index (χ0) is 13.4. The molecule has 5 heteroatoms. The fraction of sp³-hybridized carbons (Fsp3) is 0.846. The first-order chi connectivity index (χ1) is 8.69. The molecule has 0 spiro atoms. The highest BCUT2D eigenvalue weighted by Crippen LogP contribution is 2.13. The van der Waals surface area contributed by atoms with E-state index in [9.17, 15) is 9.59 Å². The van der Waals surface area contributed by atoms with Gasteiger partial charge in [0.15, 0.2) is 0 Å². The summed E-state index contributed by atoms with van der Waals surface area (Å²) in [5.74, 6) is -0.294. The number of aliphatic hydroxyl groups is 1. The van der Waals surface area contributed by atoms with Crippen molar-refractivity contribution in [1.29, 1.82) is 0 Å². The molecule has 1 aliphatic rings. The van der Waals surface area contributed by atoms with Gasteiger partial charge in [-0.1, -0.05) is 26.2 Å². The average Bonchev–Trinajstić information content (AvgIpc) is 2.79. The Morgan fingerprint density at radius 2 is 2.17 bits per heavy atom. The minimum Gasteiger partial charge on any atom is -0.395 e. The van der Waals surface area contributed by atoms with Crippen LogP contribution in [0.2, 0.25) is 0 Å². The van der Waals surface area contributed by atoms with Crippen molar-refractivity contribution in [3.05, 3.63) is 0 Å². The van der Waals surface area contributed by atoms with Gasteiger partial charge in [-0.05, 0) is 6.42 Å². The van der Waals surface area contributed by atoms with Gasteiger partial charge in [0.25, 0.3) is 0 Å². The van der Waals surface area contributed by atoms with Crippen LogP contribution < -0.4 is 5.32 Å². The van der Waals surface area contributed by atoms with Gasteiger partial charge in [-0.25, -0.2) is 0 Å². The second-order valence-electron chi connectivity index (χ2n) is 4.81. The predicted molar refractivity (Wildman–Crippen MR) is 68.9 cm³/mol. The smallest absolute Gasteiger partial charge is 0.228 e. The summed E-state index contributed by atoms with van der Waals surface area (Å²) < 4.78 is 0. The monoisotopic (exact) mass is 256 g/mol. The Balaban J connectivity index is 2.39. The molecule has 0 aromatic rings. The van der Waals surface area contributed by atoms with Crippen LogP contribution in [-0.2, 0) is 9.59 Å². The van der Waals surface area contributed by atoms with Gasteiger partial charge in [0.2, 0.25) is 11.8 Å². The maximum Gasteiger partial charge on any atom is 0.228 e. The third-order valence-corrected chi connectivity index (χ3v) is 3.29. The lowest BCUT2D eigenvalue weighted by molar-refractivity contribution is -0.136. The van der Waals surface area contributed by atoms with Gasteiger partial charge >= 0.3 is 0 Å². The highest BCUT2D eigenvalue weighted by atomic mass is 16.3. The van der Waals surface area contributed by atoms with Crippen molar-refractivity contribution >= 4 is 11.8 Å². The molecule has 2 N–H and O–H groups in total. The van der Waals surface area contributed by atoms with E-state index in [1.54, 1.807) is 4.90 Å². The van der Waals surface area contributed by atoms with Crippen LogP contribution in [0.1, 0.15) is 39.0 Å². The Kier molecular flexibility index (Phi) is 6.72. The zero-order valence-corrected chi connectivity index (χ0v) is 11.2. The van der Waals surface area contributed by atoms with E-state index in [-0.39, 0.29) is 30.8 Å². The molecule has 1 atom stereocenters. The first kappa shape index (κ1) is 15.0. The summed E-state index contributed by atoms with van der Waals surface area (Å²) in [6.45, 7) is 3.62. The summed E-state index contributed by atoms with van der Waals surface area (Å²) >= 11 is 0. The number of hydrogen-bond donors (Lipinski definition) is 2. The highest BCUT2D eigenvalue weighted by molar-refractivity contribution is 5.89. The lowest BCUT2D eigenvalue weighted by Crippen LogP contribution is -2.39. The number of hydrogen-bond acceptors (Lipinski definition) is 3. The Hall–Kier alpha value is -1.10. The summed E-state index contributed by atoms with van der Waals surface area (Å²) in [5.41, 5.74) is 0. The Labute approximate surface area is 109 Å². The van der Waals surface area contributed by atoms with Gasteiger partial charge in [-0.15, -0.1) is 0 Å². The van der Waals surface area contributed by atoms with Crippen molar-refractivity contribution in [2.75, 3.05) is 26.2 Å². The van der Waals surface area contributed by atoms with E-state index in [1.165, 1.54) is 6.42 Å². The molecule has 0 bridgehead atoms. The Morgan fingerprint density at radius 3 is 2.72 bits per heavy atom. The van der Waals surface area contributed by atoms with E-state index in [0.29, 0.717) is 19.6 Å². The molecule has 1 heterocycles. The van der Waals surface area contributed by atoms with Crippen molar-refractivity contribution in [2.24, 2.45) is 5.92 Å². The van der Waals surface area contributed by atoms with Gasteiger partial charge in [0.1, 0.15) is 0 Å². The fourth-order valence-electron chi connectivity index (χ4n) is 2.22. The van der Waals surface area contributed by atoms with E-state index in [0.717, 1.165) is 19.3 Å². The van der Waals surface area contributed by atoms with Gasteiger partial charge < -0.3 is 15.3 Å². The minimum atomic E-state index is -0.241. The molecule has 104 valence electrons. The largest absolute Gasteiger partial charge is 0.395 e. The second kappa shape index (κ2) is 8.08. The quantitative estimate of drug-likeness (QED) is 0.622. The van der Waals surface area contributed by atoms with Crippen molar-refractivity contribution in [3.8, 4) is 0 Å². The zero-order valence-electron chi connectivity index (χ0n) is 11.2. The SMILES string of the molecule is CCCCCCN(CCO)C(=O)C1CNC(=O)C1. The molecule has 0 aromatic carbocycles. The molecular weight excluding hydrogens is 232 g/mol. The summed E-state index contributed by atoms with van der Waals surface area (Å²) in [5, 5.41) is 11.7. The molecule has 1 rings (SSSR count). The molecule has 0 aliphatic carbocycles. The number of nitrogens with one attached hydrogen (secondary N) is 1. The normalized spacial score (nSPS) is 18.8. The summed E-state index contributed by atoms with van der Waals surface area (Å²) in [4.78, 5) is 25.0. The maximum atomic E-state index is 12.2. The van der Waals surface area contributed by atoms with Crippen LogP contribution in [0.15, 0.2) is 0 Å². The lowest BCUT2D eigenvalue weighted by Gasteiger charge is -2.24. The summed E-state index contributed by atoms with van der Waals surface area (Å²) in [6, 6.07) is 0. The van der Waals surface area contributed by atoms with Crippen LogP contribution in [0.3, 0.4) is 0 Å². The maximum absolute atomic E-state index is 12.2. The molecule has 0 saturated carbocycles. The molecule has 0 radical (unpaired) electrons.